The van der Waals surface area contributed by atoms with Gasteiger partial charge >= 0.3 is 0 Å². The van der Waals surface area contributed by atoms with Gasteiger partial charge in [-0.25, -0.2) is 0 Å². The van der Waals surface area contributed by atoms with Crippen LogP contribution in [-0.4, -0.2) is 6.61 Å². The van der Waals surface area contributed by atoms with E-state index in [0.717, 1.165) is 21.6 Å². The van der Waals surface area contributed by atoms with Crippen LogP contribution >= 0.6 is 27.5 Å². The molecular formula is C14H14BrClN2O. The Balaban J connectivity index is 2.24. The van der Waals surface area contributed by atoms with Gasteiger partial charge in [0.15, 0.2) is 0 Å². The van der Waals surface area contributed by atoms with Crippen LogP contribution in [0.5, 0.6) is 5.75 Å². The molecule has 0 aromatic heterocycles. The number of anilines is 3. The maximum Gasteiger partial charge on any atom is 0.123 e. The molecule has 0 radical (unpaired) electrons. The van der Waals surface area contributed by atoms with Gasteiger partial charge in [-0.3, -0.25) is 0 Å². The van der Waals surface area contributed by atoms with Gasteiger partial charge in [-0.15, -0.1) is 0 Å². The summed E-state index contributed by atoms with van der Waals surface area (Å²) in [5.74, 6) is 0.748. The summed E-state index contributed by atoms with van der Waals surface area (Å²) in [6, 6.07) is 11.2. The van der Waals surface area contributed by atoms with E-state index in [0.29, 0.717) is 17.3 Å². The number of ether oxygens (including phenoxy) is 1. The number of benzene rings is 2. The second-order valence-electron chi connectivity index (χ2n) is 3.98. The number of hydrogen-bond donors (Lipinski definition) is 2. The first-order chi connectivity index (χ1) is 9.08. The third-order valence-corrected chi connectivity index (χ3v) is 3.66. The van der Waals surface area contributed by atoms with Crippen molar-refractivity contribution < 1.29 is 4.74 Å². The van der Waals surface area contributed by atoms with E-state index >= 15 is 0 Å². The minimum atomic E-state index is 0.607. The monoisotopic (exact) mass is 340 g/mol. The van der Waals surface area contributed by atoms with Crippen molar-refractivity contribution in [3.8, 4) is 5.75 Å². The van der Waals surface area contributed by atoms with Gasteiger partial charge in [-0.1, -0.05) is 11.6 Å². The first-order valence-electron chi connectivity index (χ1n) is 5.84. The summed E-state index contributed by atoms with van der Waals surface area (Å²) in [6.07, 6.45) is 0. The zero-order valence-corrected chi connectivity index (χ0v) is 12.8. The normalized spacial score (nSPS) is 10.3. The molecule has 0 aliphatic carbocycles. The summed E-state index contributed by atoms with van der Waals surface area (Å²) in [5.41, 5.74) is 8.29. The van der Waals surface area contributed by atoms with E-state index in [4.69, 9.17) is 22.1 Å². The zero-order chi connectivity index (χ0) is 13.8. The average Bonchev–Trinajstić information content (AvgIpc) is 2.33. The quantitative estimate of drug-likeness (QED) is 0.783. The van der Waals surface area contributed by atoms with Gasteiger partial charge < -0.3 is 15.8 Å². The van der Waals surface area contributed by atoms with Crippen LogP contribution < -0.4 is 15.8 Å². The van der Waals surface area contributed by atoms with Gasteiger partial charge in [0.1, 0.15) is 5.75 Å². The van der Waals surface area contributed by atoms with Gasteiger partial charge in [0.2, 0.25) is 0 Å². The standard InChI is InChI=1S/C14H14BrClN2O/c1-2-19-12-6-9(17)5-11(7-12)18-10-3-4-14(16)13(15)8-10/h3-8,18H,2,17H2,1H3. The Kier molecular flexibility index (Phi) is 4.56. The van der Waals surface area contributed by atoms with Gasteiger partial charge in [0, 0.05) is 33.7 Å². The van der Waals surface area contributed by atoms with Gasteiger partial charge in [0.25, 0.3) is 0 Å². The number of nitrogen functional groups attached to an aromatic ring is 1. The molecule has 2 aromatic rings. The van der Waals surface area contributed by atoms with E-state index in [1.54, 1.807) is 6.07 Å². The first kappa shape index (κ1) is 14.0. The molecule has 100 valence electrons. The lowest BCUT2D eigenvalue weighted by Gasteiger charge is -2.11. The molecule has 0 atom stereocenters. The second kappa shape index (κ2) is 6.17. The summed E-state index contributed by atoms with van der Waals surface area (Å²) in [5, 5.41) is 3.94. The molecule has 0 spiro atoms. The lowest BCUT2D eigenvalue weighted by Crippen LogP contribution is -1.97. The zero-order valence-electron chi connectivity index (χ0n) is 10.4. The highest BCUT2D eigenvalue weighted by atomic mass is 79.9. The maximum absolute atomic E-state index is 5.96. The molecule has 2 rings (SSSR count). The largest absolute Gasteiger partial charge is 0.494 e. The van der Waals surface area contributed by atoms with Crippen LogP contribution in [0.25, 0.3) is 0 Å². The van der Waals surface area contributed by atoms with E-state index in [9.17, 15) is 0 Å². The smallest absolute Gasteiger partial charge is 0.123 e. The molecule has 0 unspecified atom stereocenters. The van der Waals surface area contributed by atoms with Gasteiger partial charge in [-0.2, -0.15) is 0 Å². The number of halogens is 2. The minimum Gasteiger partial charge on any atom is -0.494 e. The fourth-order valence-electron chi connectivity index (χ4n) is 1.68. The Labute approximate surface area is 125 Å². The van der Waals surface area contributed by atoms with Crippen molar-refractivity contribution in [2.75, 3.05) is 17.7 Å². The van der Waals surface area contributed by atoms with Crippen molar-refractivity contribution in [2.45, 2.75) is 6.92 Å². The predicted molar refractivity (Wildman–Crippen MR) is 84.5 cm³/mol. The maximum atomic E-state index is 5.96. The predicted octanol–water partition coefficient (Wildman–Crippen LogP) is 4.83. The molecule has 0 saturated carbocycles. The third-order valence-electron chi connectivity index (χ3n) is 2.45. The van der Waals surface area contributed by atoms with E-state index in [-0.39, 0.29) is 0 Å². The minimum absolute atomic E-state index is 0.607. The van der Waals surface area contributed by atoms with Crippen LogP contribution in [-0.2, 0) is 0 Å². The highest BCUT2D eigenvalue weighted by Crippen LogP contribution is 2.29. The number of rotatable bonds is 4. The molecule has 0 aliphatic rings. The van der Waals surface area contributed by atoms with E-state index < -0.39 is 0 Å². The Hall–Kier alpha value is -1.39. The SMILES string of the molecule is CCOc1cc(N)cc(Nc2ccc(Cl)c(Br)c2)c1. The van der Waals surface area contributed by atoms with Crippen LogP contribution in [0.15, 0.2) is 40.9 Å². The Morgan fingerprint density at radius 1 is 1.21 bits per heavy atom. The van der Waals surface area contributed by atoms with Crippen molar-refractivity contribution in [1.82, 2.24) is 0 Å². The molecule has 0 aliphatic heterocycles. The highest BCUT2D eigenvalue weighted by Gasteiger charge is 2.03. The average molecular weight is 342 g/mol. The van der Waals surface area contributed by atoms with Crippen LogP contribution in [0.4, 0.5) is 17.1 Å². The summed E-state index contributed by atoms with van der Waals surface area (Å²) >= 11 is 9.35. The molecule has 0 heterocycles. The molecule has 3 nitrogen and oxygen atoms in total. The fraction of sp³-hybridized carbons (Fsp3) is 0.143. The fourth-order valence-corrected chi connectivity index (χ4v) is 2.18. The lowest BCUT2D eigenvalue weighted by molar-refractivity contribution is 0.340. The van der Waals surface area contributed by atoms with Crippen molar-refractivity contribution >= 4 is 44.6 Å². The molecule has 2 aromatic carbocycles. The molecular weight excluding hydrogens is 328 g/mol. The topological polar surface area (TPSA) is 47.3 Å². The van der Waals surface area contributed by atoms with Crippen molar-refractivity contribution in [2.24, 2.45) is 0 Å². The van der Waals surface area contributed by atoms with Gasteiger partial charge in [-0.05, 0) is 47.1 Å². The van der Waals surface area contributed by atoms with Crippen LogP contribution in [0.1, 0.15) is 6.92 Å². The molecule has 0 saturated heterocycles. The number of nitrogens with two attached hydrogens (primary N) is 1. The Morgan fingerprint density at radius 2 is 2.00 bits per heavy atom. The molecule has 0 amide bonds. The van der Waals surface area contributed by atoms with Gasteiger partial charge in [0.05, 0.1) is 11.6 Å². The summed E-state index contributed by atoms with van der Waals surface area (Å²) in [6.45, 7) is 2.54. The van der Waals surface area contributed by atoms with Crippen molar-refractivity contribution in [3.05, 3.63) is 45.9 Å². The highest BCUT2D eigenvalue weighted by molar-refractivity contribution is 9.10. The first-order valence-corrected chi connectivity index (χ1v) is 7.01. The number of hydrogen-bond acceptors (Lipinski definition) is 3. The van der Waals surface area contributed by atoms with Crippen molar-refractivity contribution in [1.29, 1.82) is 0 Å². The molecule has 0 bridgehead atoms. The van der Waals surface area contributed by atoms with E-state index in [1.165, 1.54) is 0 Å². The Morgan fingerprint density at radius 3 is 2.68 bits per heavy atom. The molecule has 5 heteroatoms. The molecule has 0 fully saturated rings. The molecule has 3 N–H and O–H groups in total. The summed E-state index contributed by atoms with van der Waals surface area (Å²) < 4.78 is 6.30. The molecule has 19 heavy (non-hydrogen) atoms. The van der Waals surface area contributed by atoms with E-state index in [2.05, 4.69) is 21.2 Å². The number of nitrogens with one attached hydrogen (secondary N) is 1. The van der Waals surface area contributed by atoms with Crippen LogP contribution in [0.3, 0.4) is 0 Å². The lowest BCUT2D eigenvalue weighted by atomic mass is 10.2. The second-order valence-corrected chi connectivity index (χ2v) is 5.24. The van der Waals surface area contributed by atoms with E-state index in [1.807, 2.05) is 37.3 Å². The van der Waals surface area contributed by atoms with Crippen LogP contribution in [0, 0.1) is 0 Å². The summed E-state index contributed by atoms with van der Waals surface area (Å²) in [7, 11) is 0. The third kappa shape index (κ3) is 3.78. The summed E-state index contributed by atoms with van der Waals surface area (Å²) in [4.78, 5) is 0. The van der Waals surface area contributed by atoms with Crippen LogP contribution in [0.2, 0.25) is 5.02 Å². The Bertz CT molecular complexity index is 590. The van der Waals surface area contributed by atoms with Crippen molar-refractivity contribution in [3.63, 3.8) is 0 Å².